The van der Waals surface area contributed by atoms with Crippen LogP contribution in [0, 0.1) is 0 Å². The molecule has 0 aromatic carbocycles. The van der Waals surface area contributed by atoms with Crippen LogP contribution >= 0.6 is 0 Å². The molecule has 0 amide bonds. The van der Waals surface area contributed by atoms with Gasteiger partial charge in [0.15, 0.2) is 0 Å². The normalized spacial score (nSPS) is 20.8. The summed E-state index contributed by atoms with van der Waals surface area (Å²) in [6.45, 7) is 0. The summed E-state index contributed by atoms with van der Waals surface area (Å²) in [6, 6.07) is 0. The maximum Gasteiger partial charge on any atom is 0.0923 e. The summed E-state index contributed by atoms with van der Waals surface area (Å²) in [5.74, 6) is 0. The van der Waals surface area contributed by atoms with Gasteiger partial charge >= 0.3 is 0 Å². The molecular weight excluding hydrogens is 124 g/mol. The van der Waals surface area contributed by atoms with Crippen molar-refractivity contribution in [1.29, 1.82) is 0 Å². The Kier molecular flexibility index (Phi) is 1.17. The second kappa shape index (κ2) is 2.14. The Balaban J connectivity index is 2.39. The highest BCUT2D eigenvalue weighted by molar-refractivity contribution is 5.65. The first kappa shape index (κ1) is 5.47. The quantitative estimate of drug-likeness (QED) is 0.528. The summed E-state index contributed by atoms with van der Waals surface area (Å²) in [4.78, 5) is 3.97. The van der Waals surface area contributed by atoms with Gasteiger partial charge in [-0.1, -0.05) is 18.2 Å². The lowest BCUT2D eigenvalue weighted by Crippen LogP contribution is -2.15. The number of nitrogens with zero attached hydrogens (tertiary/aromatic N) is 1. The van der Waals surface area contributed by atoms with Crippen molar-refractivity contribution in [2.45, 2.75) is 6.42 Å². The van der Waals surface area contributed by atoms with Crippen molar-refractivity contribution in [3.05, 3.63) is 35.7 Å². The SMILES string of the molecule is C1=CC2=CN=CNC2=CC1. The fourth-order valence-corrected chi connectivity index (χ4v) is 1.07. The third-order valence-electron chi connectivity index (χ3n) is 1.57. The van der Waals surface area contributed by atoms with Crippen molar-refractivity contribution in [2.24, 2.45) is 4.99 Å². The van der Waals surface area contributed by atoms with Crippen LogP contribution in [0.4, 0.5) is 0 Å². The molecule has 0 atom stereocenters. The zero-order valence-electron chi connectivity index (χ0n) is 5.54. The van der Waals surface area contributed by atoms with Crippen LogP contribution < -0.4 is 5.32 Å². The van der Waals surface area contributed by atoms with Crippen LogP contribution in [0.25, 0.3) is 0 Å². The molecule has 1 aliphatic carbocycles. The topological polar surface area (TPSA) is 24.4 Å². The first-order chi connectivity index (χ1) is 4.97. The van der Waals surface area contributed by atoms with Crippen LogP contribution in [0.2, 0.25) is 0 Å². The molecule has 0 saturated carbocycles. The third kappa shape index (κ3) is 0.778. The minimum absolute atomic E-state index is 1.02. The van der Waals surface area contributed by atoms with Crippen molar-refractivity contribution in [2.75, 3.05) is 0 Å². The van der Waals surface area contributed by atoms with Crippen LogP contribution in [-0.4, -0.2) is 6.34 Å². The molecule has 2 heteroatoms. The predicted molar refractivity (Wildman–Crippen MR) is 41.6 cm³/mol. The Morgan fingerprint density at radius 2 is 2.50 bits per heavy atom. The van der Waals surface area contributed by atoms with Crippen LogP contribution in [0.1, 0.15) is 6.42 Å². The second-order valence-corrected chi connectivity index (χ2v) is 2.26. The van der Waals surface area contributed by atoms with Crippen LogP contribution in [0.3, 0.4) is 0 Å². The van der Waals surface area contributed by atoms with E-state index in [-0.39, 0.29) is 0 Å². The van der Waals surface area contributed by atoms with Gasteiger partial charge in [0.05, 0.1) is 6.34 Å². The molecule has 1 aliphatic heterocycles. The first-order valence-electron chi connectivity index (χ1n) is 3.32. The van der Waals surface area contributed by atoms with Crippen molar-refractivity contribution in [1.82, 2.24) is 5.32 Å². The van der Waals surface area contributed by atoms with Gasteiger partial charge in [-0.25, -0.2) is 4.99 Å². The summed E-state index contributed by atoms with van der Waals surface area (Å²) in [6.07, 6.45) is 10.9. The standard InChI is InChI=1S/C8H8N2/c1-2-4-8-7(3-1)5-9-6-10-8/h1,3-6H,2H2,(H,9,10). The largest absolute Gasteiger partial charge is 0.346 e. The molecule has 0 bridgehead atoms. The lowest BCUT2D eigenvalue weighted by Gasteiger charge is -2.13. The third-order valence-corrected chi connectivity index (χ3v) is 1.57. The van der Waals surface area contributed by atoms with Gasteiger partial charge < -0.3 is 5.32 Å². The maximum absolute atomic E-state index is 3.97. The van der Waals surface area contributed by atoms with Gasteiger partial charge in [-0.3, -0.25) is 0 Å². The van der Waals surface area contributed by atoms with E-state index >= 15 is 0 Å². The lowest BCUT2D eigenvalue weighted by molar-refractivity contribution is 1.09. The first-order valence-corrected chi connectivity index (χ1v) is 3.32. The fraction of sp³-hybridized carbons (Fsp3) is 0.125. The molecule has 0 radical (unpaired) electrons. The summed E-state index contributed by atoms with van der Waals surface area (Å²) >= 11 is 0. The van der Waals surface area contributed by atoms with Gasteiger partial charge in [0.25, 0.3) is 0 Å². The second-order valence-electron chi connectivity index (χ2n) is 2.26. The van der Waals surface area contributed by atoms with E-state index in [1.807, 2.05) is 6.20 Å². The number of nitrogens with one attached hydrogen (secondary N) is 1. The number of fused-ring (bicyclic) bond motifs is 1. The van der Waals surface area contributed by atoms with Gasteiger partial charge in [-0.05, 0) is 6.42 Å². The van der Waals surface area contributed by atoms with E-state index in [9.17, 15) is 0 Å². The Labute approximate surface area is 59.7 Å². The lowest BCUT2D eigenvalue weighted by atomic mass is 10.1. The molecule has 0 fully saturated rings. The molecule has 0 spiro atoms. The van der Waals surface area contributed by atoms with E-state index in [0.717, 1.165) is 6.42 Å². The molecule has 0 aromatic rings. The number of hydrogen-bond acceptors (Lipinski definition) is 2. The van der Waals surface area contributed by atoms with E-state index in [1.165, 1.54) is 11.3 Å². The monoisotopic (exact) mass is 132 g/mol. The van der Waals surface area contributed by atoms with Crippen molar-refractivity contribution < 1.29 is 0 Å². The molecule has 10 heavy (non-hydrogen) atoms. The summed E-state index contributed by atoms with van der Waals surface area (Å²) < 4.78 is 0. The Morgan fingerprint density at radius 3 is 3.40 bits per heavy atom. The maximum atomic E-state index is 3.97. The molecule has 1 N–H and O–H groups in total. The van der Waals surface area contributed by atoms with E-state index in [2.05, 4.69) is 28.5 Å². The van der Waals surface area contributed by atoms with Crippen molar-refractivity contribution in [3.63, 3.8) is 0 Å². The summed E-state index contributed by atoms with van der Waals surface area (Å²) in [7, 11) is 0. The molecule has 2 rings (SSSR count). The Hall–Kier alpha value is -1.31. The molecule has 50 valence electrons. The number of hydrogen-bond donors (Lipinski definition) is 1. The molecule has 0 saturated heterocycles. The predicted octanol–water partition coefficient (Wildman–Crippen LogP) is 1.35. The minimum atomic E-state index is 1.02. The average molecular weight is 132 g/mol. The molecule has 1 heterocycles. The van der Waals surface area contributed by atoms with Crippen LogP contribution in [0.15, 0.2) is 40.7 Å². The van der Waals surface area contributed by atoms with Gasteiger partial charge in [0, 0.05) is 17.5 Å². The summed E-state index contributed by atoms with van der Waals surface area (Å²) in [5.41, 5.74) is 2.35. The van der Waals surface area contributed by atoms with Crippen molar-refractivity contribution >= 4 is 6.34 Å². The molecule has 0 aromatic heterocycles. The van der Waals surface area contributed by atoms with Gasteiger partial charge in [-0.2, -0.15) is 0 Å². The highest BCUT2D eigenvalue weighted by Gasteiger charge is 2.05. The number of aliphatic imine (C=N–C) groups is 1. The van der Waals surface area contributed by atoms with E-state index < -0.39 is 0 Å². The van der Waals surface area contributed by atoms with Gasteiger partial charge in [0.1, 0.15) is 0 Å². The van der Waals surface area contributed by atoms with Crippen molar-refractivity contribution in [3.8, 4) is 0 Å². The van der Waals surface area contributed by atoms with Gasteiger partial charge in [0.2, 0.25) is 0 Å². The summed E-state index contributed by atoms with van der Waals surface area (Å²) in [5, 5.41) is 3.07. The molecule has 2 aliphatic rings. The Morgan fingerprint density at radius 1 is 1.50 bits per heavy atom. The molecule has 0 unspecified atom stereocenters. The number of rotatable bonds is 0. The highest BCUT2D eigenvalue weighted by atomic mass is 15.0. The highest BCUT2D eigenvalue weighted by Crippen LogP contribution is 2.16. The van der Waals surface area contributed by atoms with E-state index in [4.69, 9.17) is 0 Å². The Bertz CT molecular complexity index is 256. The number of allylic oxidation sites excluding steroid dienone is 3. The van der Waals surface area contributed by atoms with Crippen LogP contribution in [0.5, 0.6) is 0 Å². The molecular formula is C8H8N2. The minimum Gasteiger partial charge on any atom is -0.346 e. The van der Waals surface area contributed by atoms with E-state index in [0.29, 0.717) is 0 Å². The molecule has 2 nitrogen and oxygen atoms in total. The van der Waals surface area contributed by atoms with E-state index in [1.54, 1.807) is 6.34 Å². The van der Waals surface area contributed by atoms with Gasteiger partial charge in [-0.15, -0.1) is 0 Å². The smallest absolute Gasteiger partial charge is 0.0923 e. The van der Waals surface area contributed by atoms with Crippen LogP contribution in [-0.2, 0) is 0 Å². The average Bonchev–Trinajstić information content (AvgIpc) is 2.05. The zero-order valence-corrected chi connectivity index (χ0v) is 5.54. The fourth-order valence-electron chi connectivity index (χ4n) is 1.07. The zero-order chi connectivity index (χ0) is 6.81.